The van der Waals surface area contributed by atoms with Crippen molar-refractivity contribution >= 4 is 5.69 Å². The first-order valence-corrected chi connectivity index (χ1v) is 7.26. The zero-order valence-electron chi connectivity index (χ0n) is 13.1. The van der Waals surface area contributed by atoms with Crippen LogP contribution in [0.25, 0.3) is 0 Å². The summed E-state index contributed by atoms with van der Waals surface area (Å²) < 4.78 is 5.83. The number of aryl methyl sites for hydroxylation is 2. The lowest BCUT2D eigenvalue weighted by Gasteiger charge is -2.16. The number of anilines is 1. The lowest BCUT2D eigenvalue weighted by Crippen LogP contribution is -2.09. The monoisotopic (exact) mass is 285 g/mol. The van der Waals surface area contributed by atoms with E-state index in [0.717, 1.165) is 28.1 Å². The van der Waals surface area contributed by atoms with E-state index < -0.39 is 0 Å². The summed E-state index contributed by atoms with van der Waals surface area (Å²) in [6, 6.07) is 11.8. The van der Waals surface area contributed by atoms with Crippen LogP contribution in [0.2, 0.25) is 0 Å². The lowest BCUT2D eigenvalue weighted by atomic mass is 10.1. The molecule has 0 aliphatic heterocycles. The minimum atomic E-state index is 0.156. The first-order valence-electron chi connectivity index (χ1n) is 7.26. The van der Waals surface area contributed by atoms with Crippen molar-refractivity contribution in [1.82, 2.24) is 0 Å². The predicted octanol–water partition coefficient (Wildman–Crippen LogP) is 4.41. The third kappa shape index (κ3) is 3.91. The molecule has 2 aromatic carbocycles. The van der Waals surface area contributed by atoms with Gasteiger partial charge in [0.15, 0.2) is 0 Å². The molecule has 112 valence electrons. The van der Waals surface area contributed by atoms with Gasteiger partial charge in [0.2, 0.25) is 0 Å². The maximum atomic E-state index is 9.71. The van der Waals surface area contributed by atoms with Gasteiger partial charge in [-0.05, 0) is 57.0 Å². The molecule has 0 saturated carbocycles. The summed E-state index contributed by atoms with van der Waals surface area (Å²) in [7, 11) is 0. The van der Waals surface area contributed by atoms with Crippen LogP contribution in [0.4, 0.5) is 5.69 Å². The quantitative estimate of drug-likeness (QED) is 0.800. The highest BCUT2D eigenvalue weighted by molar-refractivity contribution is 5.57. The lowest BCUT2D eigenvalue weighted by molar-refractivity contribution is 0.240. The van der Waals surface area contributed by atoms with Crippen LogP contribution in [-0.2, 0) is 6.54 Å². The minimum absolute atomic E-state index is 0.156. The summed E-state index contributed by atoms with van der Waals surface area (Å²) in [5.41, 5.74) is 4.05. The molecular formula is C18H23NO2. The number of ether oxygens (including phenoxy) is 1. The Bertz CT molecular complexity index is 621. The van der Waals surface area contributed by atoms with E-state index in [-0.39, 0.29) is 6.10 Å². The summed E-state index contributed by atoms with van der Waals surface area (Å²) >= 11 is 0. The fourth-order valence-corrected chi connectivity index (χ4v) is 2.20. The van der Waals surface area contributed by atoms with E-state index in [1.54, 1.807) is 6.07 Å². The molecule has 0 bridgehead atoms. The van der Waals surface area contributed by atoms with E-state index in [0.29, 0.717) is 12.3 Å². The molecule has 0 amide bonds. The average Bonchev–Trinajstić information content (AvgIpc) is 2.42. The van der Waals surface area contributed by atoms with Crippen LogP contribution in [0.1, 0.15) is 30.5 Å². The summed E-state index contributed by atoms with van der Waals surface area (Å²) in [4.78, 5) is 0. The van der Waals surface area contributed by atoms with Crippen molar-refractivity contribution in [2.75, 3.05) is 5.32 Å². The Morgan fingerprint density at radius 1 is 1.10 bits per heavy atom. The summed E-state index contributed by atoms with van der Waals surface area (Å²) in [6.45, 7) is 8.62. The van der Waals surface area contributed by atoms with E-state index in [9.17, 15) is 5.11 Å². The molecule has 0 fully saturated rings. The molecule has 21 heavy (non-hydrogen) atoms. The van der Waals surface area contributed by atoms with Crippen LogP contribution in [0, 0.1) is 13.8 Å². The molecule has 0 heterocycles. The smallest absolute Gasteiger partial charge is 0.124 e. The second-order valence-electron chi connectivity index (χ2n) is 5.58. The highest BCUT2D eigenvalue weighted by Gasteiger charge is 2.07. The molecule has 0 atom stereocenters. The van der Waals surface area contributed by atoms with E-state index in [2.05, 4.69) is 11.4 Å². The van der Waals surface area contributed by atoms with Crippen molar-refractivity contribution in [3.05, 3.63) is 53.1 Å². The van der Waals surface area contributed by atoms with Crippen molar-refractivity contribution in [3.63, 3.8) is 0 Å². The van der Waals surface area contributed by atoms with Gasteiger partial charge >= 0.3 is 0 Å². The number of hydrogen-bond acceptors (Lipinski definition) is 3. The number of aromatic hydroxyl groups is 1. The Labute approximate surface area is 126 Å². The molecule has 0 spiro atoms. The van der Waals surface area contributed by atoms with Crippen molar-refractivity contribution in [3.8, 4) is 11.5 Å². The number of para-hydroxylation sites is 1. The van der Waals surface area contributed by atoms with Gasteiger partial charge in [0, 0.05) is 17.8 Å². The molecule has 3 nitrogen and oxygen atoms in total. The van der Waals surface area contributed by atoms with Crippen molar-refractivity contribution in [2.45, 2.75) is 40.3 Å². The number of nitrogens with one attached hydrogen (secondary N) is 1. The van der Waals surface area contributed by atoms with Crippen LogP contribution >= 0.6 is 0 Å². The van der Waals surface area contributed by atoms with Gasteiger partial charge < -0.3 is 15.2 Å². The summed E-state index contributed by atoms with van der Waals surface area (Å²) in [6.07, 6.45) is 0.156. The second-order valence-corrected chi connectivity index (χ2v) is 5.58. The van der Waals surface area contributed by atoms with E-state index in [4.69, 9.17) is 4.74 Å². The molecular weight excluding hydrogens is 262 g/mol. The van der Waals surface area contributed by atoms with Crippen molar-refractivity contribution in [1.29, 1.82) is 0 Å². The highest BCUT2D eigenvalue weighted by atomic mass is 16.5. The van der Waals surface area contributed by atoms with Crippen molar-refractivity contribution < 1.29 is 9.84 Å². The zero-order valence-corrected chi connectivity index (χ0v) is 13.1. The van der Waals surface area contributed by atoms with E-state index in [1.165, 1.54) is 0 Å². The Kier molecular flexibility index (Phi) is 4.73. The maximum Gasteiger partial charge on any atom is 0.124 e. The zero-order chi connectivity index (χ0) is 15.4. The molecule has 3 heteroatoms. The SMILES string of the molecule is Cc1cc(NCc2ccccc2OC(C)C)c(C)cc1O. The van der Waals surface area contributed by atoms with Crippen LogP contribution in [0.3, 0.4) is 0 Å². The standard InChI is InChI=1S/C18H23NO2/c1-12(2)21-18-8-6-5-7-15(18)11-19-16-9-14(4)17(20)10-13(16)3/h5-10,12,19-20H,11H2,1-4H3. The van der Waals surface area contributed by atoms with Gasteiger partial charge in [-0.1, -0.05) is 18.2 Å². The van der Waals surface area contributed by atoms with Crippen LogP contribution in [-0.4, -0.2) is 11.2 Å². The Balaban J connectivity index is 2.15. The van der Waals surface area contributed by atoms with E-state index >= 15 is 0 Å². The van der Waals surface area contributed by atoms with Gasteiger partial charge in [-0.3, -0.25) is 0 Å². The molecule has 0 aliphatic carbocycles. The molecule has 0 aromatic heterocycles. The Morgan fingerprint density at radius 3 is 2.52 bits per heavy atom. The number of benzene rings is 2. The summed E-state index contributed by atoms with van der Waals surface area (Å²) in [5.74, 6) is 1.25. The maximum absolute atomic E-state index is 9.71. The largest absolute Gasteiger partial charge is 0.508 e. The van der Waals surface area contributed by atoms with Gasteiger partial charge in [0.25, 0.3) is 0 Å². The molecule has 2 N–H and O–H groups in total. The summed E-state index contributed by atoms with van der Waals surface area (Å²) in [5, 5.41) is 13.1. The van der Waals surface area contributed by atoms with Gasteiger partial charge in [0.05, 0.1) is 6.10 Å². The first kappa shape index (κ1) is 15.2. The van der Waals surface area contributed by atoms with Gasteiger partial charge in [-0.25, -0.2) is 0 Å². The predicted molar refractivity (Wildman–Crippen MR) is 87.1 cm³/mol. The molecule has 0 saturated heterocycles. The average molecular weight is 285 g/mol. The topological polar surface area (TPSA) is 41.5 Å². The van der Waals surface area contributed by atoms with Crippen molar-refractivity contribution in [2.24, 2.45) is 0 Å². The molecule has 2 rings (SSSR count). The normalized spacial score (nSPS) is 10.7. The molecule has 0 radical (unpaired) electrons. The number of hydrogen-bond donors (Lipinski definition) is 2. The molecule has 0 unspecified atom stereocenters. The minimum Gasteiger partial charge on any atom is -0.508 e. The first-order chi connectivity index (χ1) is 9.97. The number of phenolic OH excluding ortho intramolecular Hbond substituents is 1. The Hall–Kier alpha value is -2.16. The fraction of sp³-hybridized carbons (Fsp3) is 0.333. The van der Waals surface area contributed by atoms with Gasteiger partial charge in [0.1, 0.15) is 11.5 Å². The van der Waals surface area contributed by atoms with E-state index in [1.807, 2.05) is 52.0 Å². The van der Waals surface area contributed by atoms with Gasteiger partial charge in [-0.2, -0.15) is 0 Å². The number of rotatable bonds is 5. The van der Waals surface area contributed by atoms with Gasteiger partial charge in [-0.15, -0.1) is 0 Å². The third-order valence-electron chi connectivity index (χ3n) is 3.35. The second kappa shape index (κ2) is 6.53. The Morgan fingerprint density at radius 2 is 1.81 bits per heavy atom. The van der Waals surface area contributed by atoms with Crippen LogP contribution < -0.4 is 10.1 Å². The fourth-order valence-electron chi connectivity index (χ4n) is 2.20. The third-order valence-corrected chi connectivity index (χ3v) is 3.35. The molecule has 0 aliphatic rings. The number of phenols is 1. The highest BCUT2D eigenvalue weighted by Crippen LogP contribution is 2.26. The van der Waals surface area contributed by atoms with Crippen LogP contribution in [0.15, 0.2) is 36.4 Å². The van der Waals surface area contributed by atoms with Crippen LogP contribution in [0.5, 0.6) is 11.5 Å². The molecule has 2 aromatic rings.